The molecule has 1 aromatic rings. The van der Waals surface area contributed by atoms with Crippen LogP contribution >= 0.6 is 0 Å². The Morgan fingerprint density at radius 2 is 2.05 bits per heavy atom. The van der Waals surface area contributed by atoms with Crippen molar-refractivity contribution in [2.75, 3.05) is 17.6 Å². The number of hydrogen-bond acceptors (Lipinski definition) is 4. The SMILES string of the molecule is NC(=O)c1cc(NCCCC(=O)NC2CC2)c(F)cc1N. The Kier molecular flexibility index (Phi) is 4.62. The molecule has 0 saturated heterocycles. The first-order chi connectivity index (χ1) is 9.97. The molecular formula is C14H19FN4O2. The number of amides is 2. The number of nitrogens with two attached hydrogens (primary N) is 2. The Balaban J connectivity index is 1.83. The summed E-state index contributed by atoms with van der Waals surface area (Å²) in [6, 6.07) is 2.69. The average molecular weight is 294 g/mol. The van der Waals surface area contributed by atoms with Gasteiger partial charge in [0, 0.05) is 24.7 Å². The molecule has 0 radical (unpaired) electrons. The van der Waals surface area contributed by atoms with Crippen molar-refractivity contribution in [3.05, 3.63) is 23.5 Å². The number of benzene rings is 1. The lowest BCUT2D eigenvalue weighted by atomic mass is 10.1. The maximum atomic E-state index is 13.7. The van der Waals surface area contributed by atoms with Crippen LogP contribution in [0.3, 0.4) is 0 Å². The summed E-state index contributed by atoms with van der Waals surface area (Å²) in [4.78, 5) is 22.6. The normalized spacial score (nSPS) is 13.8. The molecular weight excluding hydrogens is 275 g/mol. The van der Waals surface area contributed by atoms with Crippen LogP contribution in [0.25, 0.3) is 0 Å². The quantitative estimate of drug-likeness (QED) is 0.444. The van der Waals surface area contributed by atoms with Gasteiger partial charge in [-0.25, -0.2) is 4.39 Å². The molecule has 0 heterocycles. The van der Waals surface area contributed by atoms with E-state index in [9.17, 15) is 14.0 Å². The molecule has 2 amide bonds. The molecule has 7 heteroatoms. The fourth-order valence-corrected chi connectivity index (χ4v) is 1.94. The predicted molar refractivity (Wildman–Crippen MR) is 78.2 cm³/mol. The second-order valence-corrected chi connectivity index (χ2v) is 5.16. The van der Waals surface area contributed by atoms with Crippen LogP contribution in [0.4, 0.5) is 15.8 Å². The van der Waals surface area contributed by atoms with Crippen LogP contribution in [-0.2, 0) is 4.79 Å². The van der Waals surface area contributed by atoms with E-state index in [0.717, 1.165) is 18.9 Å². The van der Waals surface area contributed by atoms with E-state index >= 15 is 0 Å². The number of carbonyl (C=O) groups is 2. The van der Waals surface area contributed by atoms with E-state index in [1.807, 2.05) is 0 Å². The molecule has 1 fully saturated rings. The molecule has 1 aliphatic rings. The van der Waals surface area contributed by atoms with Gasteiger partial charge < -0.3 is 22.1 Å². The van der Waals surface area contributed by atoms with Gasteiger partial charge in [0.2, 0.25) is 5.91 Å². The van der Waals surface area contributed by atoms with Crippen LogP contribution in [0, 0.1) is 5.82 Å². The molecule has 0 spiro atoms. The summed E-state index contributed by atoms with van der Waals surface area (Å²) in [6.45, 7) is 0.414. The number of anilines is 2. The van der Waals surface area contributed by atoms with Gasteiger partial charge in [0.25, 0.3) is 5.91 Å². The predicted octanol–water partition coefficient (Wildman–Crippen LogP) is 0.977. The lowest BCUT2D eigenvalue weighted by Crippen LogP contribution is -2.25. The topological polar surface area (TPSA) is 110 Å². The summed E-state index contributed by atoms with van der Waals surface area (Å²) in [5, 5.41) is 5.72. The number of nitrogen functional groups attached to an aromatic ring is 1. The summed E-state index contributed by atoms with van der Waals surface area (Å²) in [5.74, 6) is -1.26. The second kappa shape index (κ2) is 6.43. The smallest absolute Gasteiger partial charge is 0.250 e. The van der Waals surface area contributed by atoms with Crippen molar-refractivity contribution in [2.45, 2.75) is 31.7 Å². The van der Waals surface area contributed by atoms with E-state index in [0.29, 0.717) is 25.4 Å². The Morgan fingerprint density at radius 1 is 1.33 bits per heavy atom. The zero-order valence-electron chi connectivity index (χ0n) is 11.6. The first-order valence-electron chi connectivity index (χ1n) is 6.89. The summed E-state index contributed by atoms with van der Waals surface area (Å²) in [7, 11) is 0. The number of carbonyl (C=O) groups excluding carboxylic acids is 2. The van der Waals surface area contributed by atoms with E-state index in [4.69, 9.17) is 11.5 Å². The highest BCUT2D eigenvalue weighted by Crippen LogP contribution is 2.22. The summed E-state index contributed by atoms with van der Waals surface area (Å²) in [6.07, 6.45) is 3.05. The number of rotatable bonds is 7. The standard InChI is InChI=1S/C14H19FN4O2/c15-10-7-11(16)9(14(17)21)6-12(10)18-5-1-2-13(20)19-8-3-4-8/h6-8,18H,1-5,16H2,(H2,17,21)(H,19,20). The molecule has 1 saturated carbocycles. The third kappa shape index (κ3) is 4.34. The van der Waals surface area contributed by atoms with Crippen molar-refractivity contribution in [2.24, 2.45) is 5.73 Å². The Hall–Kier alpha value is -2.31. The second-order valence-electron chi connectivity index (χ2n) is 5.16. The van der Waals surface area contributed by atoms with E-state index in [1.165, 1.54) is 6.07 Å². The maximum Gasteiger partial charge on any atom is 0.250 e. The van der Waals surface area contributed by atoms with Crippen LogP contribution < -0.4 is 22.1 Å². The third-order valence-electron chi connectivity index (χ3n) is 3.24. The molecule has 21 heavy (non-hydrogen) atoms. The number of primary amides is 1. The molecule has 6 nitrogen and oxygen atoms in total. The fourth-order valence-electron chi connectivity index (χ4n) is 1.94. The minimum atomic E-state index is -0.709. The van der Waals surface area contributed by atoms with E-state index < -0.39 is 11.7 Å². The van der Waals surface area contributed by atoms with Gasteiger partial charge in [0.05, 0.1) is 11.3 Å². The molecule has 1 aromatic carbocycles. The first-order valence-corrected chi connectivity index (χ1v) is 6.89. The molecule has 0 unspecified atom stereocenters. The number of hydrogen-bond donors (Lipinski definition) is 4. The van der Waals surface area contributed by atoms with Crippen LogP contribution in [0.5, 0.6) is 0 Å². The molecule has 0 aliphatic heterocycles. The highest BCUT2D eigenvalue weighted by Gasteiger charge is 2.22. The van der Waals surface area contributed by atoms with Crippen LogP contribution in [0.2, 0.25) is 0 Å². The van der Waals surface area contributed by atoms with Gasteiger partial charge in [-0.2, -0.15) is 0 Å². The van der Waals surface area contributed by atoms with E-state index in [1.54, 1.807) is 0 Å². The largest absolute Gasteiger partial charge is 0.398 e. The van der Waals surface area contributed by atoms with Crippen LogP contribution in [0.1, 0.15) is 36.0 Å². The summed E-state index contributed by atoms with van der Waals surface area (Å²) in [5.41, 5.74) is 10.9. The van der Waals surface area contributed by atoms with E-state index in [2.05, 4.69) is 10.6 Å². The molecule has 6 N–H and O–H groups in total. The molecule has 114 valence electrons. The molecule has 0 atom stereocenters. The minimum absolute atomic E-state index is 0.00867. The van der Waals surface area contributed by atoms with Gasteiger partial charge in [-0.05, 0) is 31.4 Å². The van der Waals surface area contributed by atoms with Crippen molar-refractivity contribution in [1.29, 1.82) is 0 Å². The highest BCUT2D eigenvalue weighted by atomic mass is 19.1. The monoisotopic (exact) mass is 294 g/mol. The summed E-state index contributed by atoms with van der Waals surface area (Å²) < 4.78 is 13.7. The van der Waals surface area contributed by atoms with Gasteiger partial charge in [-0.3, -0.25) is 9.59 Å². The zero-order valence-corrected chi connectivity index (χ0v) is 11.6. The van der Waals surface area contributed by atoms with Crippen molar-refractivity contribution in [1.82, 2.24) is 5.32 Å². The Labute approximate surface area is 122 Å². The fraction of sp³-hybridized carbons (Fsp3) is 0.429. The highest BCUT2D eigenvalue weighted by molar-refractivity contribution is 5.99. The van der Waals surface area contributed by atoms with Crippen molar-refractivity contribution in [3.8, 4) is 0 Å². The molecule has 0 bridgehead atoms. The zero-order chi connectivity index (χ0) is 15.4. The number of halogens is 1. The average Bonchev–Trinajstić information content (AvgIpc) is 3.20. The van der Waals surface area contributed by atoms with Crippen LogP contribution in [0.15, 0.2) is 12.1 Å². The molecule has 0 aromatic heterocycles. The molecule has 1 aliphatic carbocycles. The Bertz CT molecular complexity index is 558. The lowest BCUT2D eigenvalue weighted by molar-refractivity contribution is -0.121. The van der Waals surface area contributed by atoms with Crippen molar-refractivity contribution < 1.29 is 14.0 Å². The lowest BCUT2D eigenvalue weighted by Gasteiger charge is -2.10. The maximum absolute atomic E-state index is 13.7. The van der Waals surface area contributed by atoms with Gasteiger partial charge in [0.1, 0.15) is 5.82 Å². The van der Waals surface area contributed by atoms with Gasteiger partial charge in [-0.15, -0.1) is 0 Å². The van der Waals surface area contributed by atoms with Gasteiger partial charge in [0.15, 0.2) is 0 Å². The molecule has 2 rings (SSSR count). The van der Waals surface area contributed by atoms with E-state index in [-0.39, 0.29) is 22.8 Å². The first kappa shape index (κ1) is 15.1. The van der Waals surface area contributed by atoms with Crippen molar-refractivity contribution >= 4 is 23.2 Å². The van der Waals surface area contributed by atoms with Crippen molar-refractivity contribution in [3.63, 3.8) is 0 Å². The van der Waals surface area contributed by atoms with Gasteiger partial charge >= 0.3 is 0 Å². The number of nitrogens with one attached hydrogen (secondary N) is 2. The Morgan fingerprint density at radius 3 is 2.67 bits per heavy atom. The van der Waals surface area contributed by atoms with Crippen LogP contribution in [-0.4, -0.2) is 24.4 Å². The van der Waals surface area contributed by atoms with Gasteiger partial charge in [-0.1, -0.05) is 0 Å². The minimum Gasteiger partial charge on any atom is -0.398 e. The third-order valence-corrected chi connectivity index (χ3v) is 3.24. The summed E-state index contributed by atoms with van der Waals surface area (Å²) >= 11 is 0.